The van der Waals surface area contributed by atoms with Crippen molar-refractivity contribution in [3.8, 4) is 0 Å². The first-order valence-corrected chi connectivity index (χ1v) is 6.95. The molecule has 0 N–H and O–H groups in total. The van der Waals surface area contributed by atoms with Gasteiger partial charge in [0.1, 0.15) is 12.2 Å². The molecule has 0 bridgehead atoms. The quantitative estimate of drug-likeness (QED) is 0.679. The number of methoxy groups -OCH3 is 1. The van der Waals surface area contributed by atoms with Crippen molar-refractivity contribution in [2.75, 3.05) is 13.8 Å². The molecule has 1 aromatic heterocycles. The van der Waals surface area contributed by atoms with E-state index in [1.54, 1.807) is 24.1 Å². The first kappa shape index (κ1) is 14.3. The third-order valence-corrected chi connectivity index (χ3v) is 3.26. The molecule has 0 unspecified atom stereocenters. The highest BCUT2D eigenvalue weighted by Gasteiger charge is 2.18. The van der Waals surface area contributed by atoms with Gasteiger partial charge in [0.25, 0.3) is 5.91 Å². The van der Waals surface area contributed by atoms with Crippen LogP contribution in [-0.4, -0.2) is 29.6 Å². The maximum atomic E-state index is 12.5. The standard InChI is InChI=1S/C17H16N2O3/c1-21-12-19(17(20)13-7-3-2-4-8-13)11-16-18-14-9-5-6-10-15(14)22-16/h2-10H,11-12H2,1H3. The number of para-hydroxylation sites is 2. The normalized spacial score (nSPS) is 10.8. The van der Waals surface area contributed by atoms with Crippen LogP contribution in [0.15, 0.2) is 59.0 Å². The molecule has 5 heteroatoms. The highest BCUT2D eigenvalue weighted by atomic mass is 16.5. The van der Waals surface area contributed by atoms with Crippen LogP contribution in [0.2, 0.25) is 0 Å². The number of hydrogen-bond acceptors (Lipinski definition) is 4. The molecule has 0 aliphatic rings. The minimum absolute atomic E-state index is 0.121. The van der Waals surface area contributed by atoms with Gasteiger partial charge >= 0.3 is 0 Å². The van der Waals surface area contributed by atoms with Gasteiger partial charge in [0.15, 0.2) is 5.58 Å². The van der Waals surface area contributed by atoms with Crippen LogP contribution >= 0.6 is 0 Å². The van der Waals surface area contributed by atoms with Crippen molar-refractivity contribution in [2.45, 2.75) is 6.54 Å². The molecule has 0 fully saturated rings. The lowest BCUT2D eigenvalue weighted by Crippen LogP contribution is -2.32. The molecule has 22 heavy (non-hydrogen) atoms. The van der Waals surface area contributed by atoms with Gasteiger partial charge in [-0.05, 0) is 24.3 Å². The Morgan fingerprint density at radius 3 is 2.59 bits per heavy atom. The third kappa shape index (κ3) is 2.99. The lowest BCUT2D eigenvalue weighted by Gasteiger charge is -2.20. The fourth-order valence-corrected chi connectivity index (χ4v) is 2.25. The van der Waals surface area contributed by atoms with Crippen molar-refractivity contribution >= 4 is 17.0 Å². The summed E-state index contributed by atoms with van der Waals surface area (Å²) >= 11 is 0. The lowest BCUT2D eigenvalue weighted by atomic mass is 10.2. The van der Waals surface area contributed by atoms with Crippen molar-refractivity contribution in [1.29, 1.82) is 0 Å². The SMILES string of the molecule is COCN(Cc1nc2ccccc2o1)C(=O)c1ccccc1. The van der Waals surface area contributed by atoms with E-state index in [9.17, 15) is 4.79 Å². The topological polar surface area (TPSA) is 55.6 Å². The Bertz CT molecular complexity index is 735. The minimum atomic E-state index is -0.121. The van der Waals surface area contributed by atoms with Crippen LogP contribution in [0, 0.1) is 0 Å². The van der Waals surface area contributed by atoms with E-state index in [0.29, 0.717) is 17.0 Å². The van der Waals surface area contributed by atoms with Crippen molar-refractivity contribution < 1.29 is 13.9 Å². The Balaban J connectivity index is 1.83. The maximum Gasteiger partial charge on any atom is 0.256 e. The van der Waals surface area contributed by atoms with E-state index in [2.05, 4.69) is 4.98 Å². The number of carbonyl (C=O) groups is 1. The molecule has 0 radical (unpaired) electrons. The van der Waals surface area contributed by atoms with Crippen LogP contribution in [-0.2, 0) is 11.3 Å². The lowest BCUT2D eigenvalue weighted by molar-refractivity contribution is 0.0363. The monoisotopic (exact) mass is 296 g/mol. The molecule has 3 rings (SSSR count). The average Bonchev–Trinajstić information content (AvgIpc) is 2.97. The summed E-state index contributed by atoms with van der Waals surface area (Å²) in [6.45, 7) is 0.433. The molecule has 0 atom stereocenters. The van der Waals surface area contributed by atoms with Crippen LogP contribution in [0.5, 0.6) is 0 Å². The van der Waals surface area contributed by atoms with Gasteiger partial charge in [-0.1, -0.05) is 30.3 Å². The number of oxazole rings is 1. The molecule has 1 amide bonds. The second kappa shape index (κ2) is 6.41. The fraction of sp³-hybridized carbons (Fsp3) is 0.176. The summed E-state index contributed by atoms with van der Waals surface area (Å²) in [4.78, 5) is 18.5. The number of fused-ring (bicyclic) bond motifs is 1. The number of rotatable bonds is 5. The molecule has 2 aromatic carbocycles. The number of amides is 1. The second-order valence-electron chi connectivity index (χ2n) is 4.86. The Labute approximate surface area is 128 Å². The Hall–Kier alpha value is -2.66. The van der Waals surface area contributed by atoms with Crippen LogP contribution in [0.3, 0.4) is 0 Å². The van der Waals surface area contributed by atoms with Crippen molar-refractivity contribution in [3.05, 3.63) is 66.1 Å². The van der Waals surface area contributed by atoms with Gasteiger partial charge in [-0.25, -0.2) is 4.98 Å². The van der Waals surface area contributed by atoms with Gasteiger partial charge in [0, 0.05) is 12.7 Å². The maximum absolute atomic E-state index is 12.5. The third-order valence-electron chi connectivity index (χ3n) is 3.26. The summed E-state index contributed by atoms with van der Waals surface area (Å²) in [6.07, 6.45) is 0. The molecular weight excluding hydrogens is 280 g/mol. The van der Waals surface area contributed by atoms with Gasteiger partial charge in [0.05, 0.1) is 6.54 Å². The van der Waals surface area contributed by atoms with Crippen LogP contribution in [0.1, 0.15) is 16.2 Å². The molecule has 0 saturated heterocycles. The smallest absolute Gasteiger partial charge is 0.256 e. The zero-order chi connectivity index (χ0) is 15.4. The summed E-state index contributed by atoms with van der Waals surface area (Å²) in [6, 6.07) is 16.6. The molecule has 112 valence electrons. The zero-order valence-electron chi connectivity index (χ0n) is 12.2. The Morgan fingerprint density at radius 1 is 1.14 bits per heavy atom. The Morgan fingerprint density at radius 2 is 1.86 bits per heavy atom. The highest BCUT2D eigenvalue weighted by Crippen LogP contribution is 2.17. The fourth-order valence-electron chi connectivity index (χ4n) is 2.25. The molecule has 5 nitrogen and oxygen atoms in total. The summed E-state index contributed by atoms with van der Waals surface area (Å²) in [5, 5.41) is 0. The number of carbonyl (C=O) groups excluding carboxylic acids is 1. The van der Waals surface area contributed by atoms with E-state index in [0.717, 1.165) is 5.52 Å². The summed E-state index contributed by atoms with van der Waals surface area (Å²) in [5.41, 5.74) is 2.10. The number of ether oxygens (including phenoxy) is 1. The number of nitrogens with zero attached hydrogens (tertiary/aromatic N) is 2. The highest BCUT2D eigenvalue weighted by molar-refractivity contribution is 5.94. The molecule has 3 aromatic rings. The predicted molar refractivity (Wildman–Crippen MR) is 82.2 cm³/mol. The average molecular weight is 296 g/mol. The van der Waals surface area contributed by atoms with E-state index in [1.165, 1.54) is 0 Å². The van der Waals surface area contributed by atoms with Crippen molar-refractivity contribution in [3.63, 3.8) is 0 Å². The van der Waals surface area contributed by atoms with Gasteiger partial charge < -0.3 is 14.1 Å². The summed E-state index contributed by atoms with van der Waals surface area (Å²) in [5.74, 6) is 0.368. The molecular formula is C17H16N2O3. The van der Waals surface area contributed by atoms with Crippen molar-refractivity contribution in [1.82, 2.24) is 9.88 Å². The van der Waals surface area contributed by atoms with E-state index in [4.69, 9.17) is 9.15 Å². The van der Waals surface area contributed by atoms with E-state index in [1.807, 2.05) is 42.5 Å². The van der Waals surface area contributed by atoms with Gasteiger partial charge in [-0.15, -0.1) is 0 Å². The molecule has 0 saturated carbocycles. The van der Waals surface area contributed by atoms with Crippen LogP contribution in [0.4, 0.5) is 0 Å². The number of hydrogen-bond donors (Lipinski definition) is 0. The molecule has 0 spiro atoms. The summed E-state index contributed by atoms with van der Waals surface area (Å²) in [7, 11) is 1.55. The second-order valence-corrected chi connectivity index (χ2v) is 4.86. The van der Waals surface area contributed by atoms with Gasteiger partial charge in [0.2, 0.25) is 5.89 Å². The Kier molecular flexibility index (Phi) is 4.16. The number of benzene rings is 2. The first-order valence-electron chi connectivity index (χ1n) is 6.95. The zero-order valence-corrected chi connectivity index (χ0v) is 12.2. The summed E-state index contributed by atoms with van der Waals surface area (Å²) < 4.78 is 10.8. The number of aromatic nitrogens is 1. The molecule has 0 aliphatic heterocycles. The van der Waals surface area contributed by atoms with E-state index >= 15 is 0 Å². The molecule has 0 aliphatic carbocycles. The van der Waals surface area contributed by atoms with Crippen LogP contribution in [0.25, 0.3) is 11.1 Å². The predicted octanol–water partition coefficient (Wildman–Crippen LogP) is 3.07. The van der Waals surface area contributed by atoms with Crippen molar-refractivity contribution in [2.24, 2.45) is 0 Å². The first-order chi connectivity index (χ1) is 10.8. The molecule has 1 heterocycles. The van der Waals surface area contributed by atoms with E-state index < -0.39 is 0 Å². The van der Waals surface area contributed by atoms with Crippen LogP contribution < -0.4 is 0 Å². The van der Waals surface area contributed by atoms with Gasteiger partial charge in [-0.3, -0.25) is 4.79 Å². The minimum Gasteiger partial charge on any atom is -0.439 e. The van der Waals surface area contributed by atoms with Gasteiger partial charge in [-0.2, -0.15) is 0 Å². The van der Waals surface area contributed by atoms with E-state index in [-0.39, 0.29) is 19.2 Å². The largest absolute Gasteiger partial charge is 0.439 e.